The third-order valence-electron chi connectivity index (χ3n) is 8.58. The van der Waals surface area contributed by atoms with Crippen LogP contribution in [0.1, 0.15) is 115 Å². The monoisotopic (exact) mass is 532 g/mol. The predicted octanol–water partition coefficient (Wildman–Crippen LogP) is 9.16. The molecule has 1 atom stereocenters. The van der Waals surface area contributed by atoms with Crippen LogP contribution in [-0.4, -0.2) is 37.5 Å². The van der Waals surface area contributed by atoms with Gasteiger partial charge in [0.1, 0.15) is 0 Å². The van der Waals surface area contributed by atoms with Gasteiger partial charge in [-0.25, -0.2) is 0 Å². The van der Waals surface area contributed by atoms with Crippen LogP contribution in [-0.2, 0) is 4.79 Å². The van der Waals surface area contributed by atoms with Crippen LogP contribution in [0.5, 0.6) is 0 Å². The highest BCUT2D eigenvalue weighted by molar-refractivity contribution is 5.76. The van der Waals surface area contributed by atoms with Crippen molar-refractivity contribution in [3.05, 3.63) is 76.4 Å². The summed E-state index contributed by atoms with van der Waals surface area (Å²) in [5.74, 6) is 1.11. The number of amides is 1. The topological polar surface area (TPSA) is 32.3 Å². The molecule has 0 spiro atoms. The number of benzene rings is 1. The number of allylic oxidation sites excluding steroid dienone is 7. The van der Waals surface area contributed by atoms with Gasteiger partial charge in [-0.3, -0.25) is 4.79 Å². The number of nitrogens with zero attached hydrogens (tertiary/aromatic N) is 1. The van der Waals surface area contributed by atoms with Crippen LogP contribution in [0, 0.1) is 12.8 Å². The number of hydrogen-bond donors (Lipinski definition) is 1. The van der Waals surface area contributed by atoms with Gasteiger partial charge in [0.05, 0.1) is 0 Å². The molecule has 0 aromatic heterocycles. The van der Waals surface area contributed by atoms with Crippen LogP contribution < -0.4 is 5.32 Å². The van der Waals surface area contributed by atoms with Crippen LogP contribution in [0.4, 0.5) is 0 Å². The molecule has 1 N–H and O–H groups in total. The lowest BCUT2D eigenvalue weighted by Crippen LogP contribution is -2.31. The van der Waals surface area contributed by atoms with Gasteiger partial charge in [-0.05, 0) is 117 Å². The molecule has 2 heterocycles. The minimum Gasteiger partial charge on any atom is -0.345 e. The lowest BCUT2D eigenvalue weighted by Gasteiger charge is -2.30. The molecule has 3 rings (SSSR count). The van der Waals surface area contributed by atoms with Crippen molar-refractivity contribution in [2.24, 2.45) is 5.92 Å². The summed E-state index contributed by atoms with van der Waals surface area (Å²) in [6, 6.07) is 7.05. The standard InChI is InChI=1S/C31H45NO.C5H11N/c1-8-12-28(20-25(7)23(5)10-3)30(13-9-2)29(11-4)31-21-27(15-14-24(31)6)26-16-18-32(22-33)19-17-26;1-2-4-6-5-3-1/h8,12,14-15,20-23,26H,1,9-11,13,16-19H2,2-7H3;6H,1-5H2/b25-20-,28-12+,30-29+;. The number of likely N-dealkylation sites (tertiary alicyclic amines) is 1. The van der Waals surface area contributed by atoms with Gasteiger partial charge in [0.25, 0.3) is 0 Å². The maximum Gasteiger partial charge on any atom is 0.209 e. The maximum atomic E-state index is 11.1. The van der Waals surface area contributed by atoms with E-state index < -0.39 is 0 Å². The SMILES string of the molecule is C1CCNCC1.C=C/C=C(\C=C(\C)C(C)CC)C(/CCC)=C(\CC)c1cc(C2CCN(C=O)CC2)ccc1C. The molecule has 1 aromatic rings. The zero-order valence-corrected chi connectivity index (χ0v) is 26.0. The molecule has 1 aromatic carbocycles. The summed E-state index contributed by atoms with van der Waals surface area (Å²) in [6.45, 7) is 21.9. The fourth-order valence-electron chi connectivity index (χ4n) is 5.72. The van der Waals surface area contributed by atoms with Crippen molar-refractivity contribution >= 4 is 12.0 Å². The van der Waals surface area contributed by atoms with E-state index in [2.05, 4.69) is 83.8 Å². The summed E-state index contributed by atoms with van der Waals surface area (Å²) < 4.78 is 0. The first-order valence-electron chi connectivity index (χ1n) is 15.6. The average Bonchev–Trinajstić information content (AvgIpc) is 2.98. The van der Waals surface area contributed by atoms with Gasteiger partial charge in [-0.1, -0.05) is 89.1 Å². The van der Waals surface area contributed by atoms with E-state index in [1.54, 1.807) is 0 Å². The summed E-state index contributed by atoms with van der Waals surface area (Å²) >= 11 is 0. The van der Waals surface area contributed by atoms with E-state index in [-0.39, 0.29) is 0 Å². The van der Waals surface area contributed by atoms with E-state index in [4.69, 9.17) is 0 Å². The summed E-state index contributed by atoms with van der Waals surface area (Å²) in [6.07, 6.45) is 18.2. The van der Waals surface area contributed by atoms with Gasteiger partial charge >= 0.3 is 0 Å². The number of aryl methyl sites for hydroxylation is 1. The highest BCUT2D eigenvalue weighted by Gasteiger charge is 2.21. The Morgan fingerprint density at radius 2 is 1.82 bits per heavy atom. The highest BCUT2D eigenvalue weighted by atomic mass is 16.1. The van der Waals surface area contributed by atoms with E-state index in [1.165, 1.54) is 71.3 Å². The number of hydrogen-bond acceptors (Lipinski definition) is 2. The Bertz CT molecular complexity index is 976. The van der Waals surface area contributed by atoms with Crippen molar-refractivity contribution in [1.82, 2.24) is 10.2 Å². The number of carbonyl (C=O) groups is 1. The van der Waals surface area contributed by atoms with Gasteiger partial charge in [0, 0.05) is 13.1 Å². The van der Waals surface area contributed by atoms with E-state index in [0.717, 1.165) is 58.0 Å². The predicted molar refractivity (Wildman–Crippen MR) is 171 cm³/mol. The molecular weight excluding hydrogens is 476 g/mol. The van der Waals surface area contributed by atoms with Crippen LogP contribution in [0.15, 0.2) is 59.7 Å². The van der Waals surface area contributed by atoms with E-state index in [1.807, 2.05) is 11.0 Å². The summed E-state index contributed by atoms with van der Waals surface area (Å²) in [5.41, 5.74) is 9.81. The summed E-state index contributed by atoms with van der Waals surface area (Å²) in [7, 11) is 0. The van der Waals surface area contributed by atoms with Crippen molar-refractivity contribution in [3.63, 3.8) is 0 Å². The Labute approximate surface area is 240 Å². The quantitative estimate of drug-likeness (QED) is 0.228. The second-order valence-electron chi connectivity index (χ2n) is 11.4. The van der Waals surface area contributed by atoms with Crippen molar-refractivity contribution in [2.45, 2.75) is 105 Å². The van der Waals surface area contributed by atoms with Gasteiger partial charge < -0.3 is 10.2 Å². The summed E-state index contributed by atoms with van der Waals surface area (Å²) in [4.78, 5) is 13.0. The average molecular weight is 533 g/mol. The number of rotatable bonds is 11. The smallest absolute Gasteiger partial charge is 0.209 e. The Morgan fingerprint density at radius 3 is 2.31 bits per heavy atom. The van der Waals surface area contributed by atoms with Crippen molar-refractivity contribution < 1.29 is 4.79 Å². The molecule has 0 saturated carbocycles. The second kappa shape index (κ2) is 18.1. The molecule has 216 valence electrons. The molecule has 2 fully saturated rings. The van der Waals surface area contributed by atoms with Crippen molar-refractivity contribution in [1.29, 1.82) is 0 Å². The molecule has 2 saturated heterocycles. The van der Waals surface area contributed by atoms with E-state index in [9.17, 15) is 4.79 Å². The van der Waals surface area contributed by atoms with Crippen LogP contribution >= 0.6 is 0 Å². The van der Waals surface area contributed by atoms with Gasteiger partial charge in [-0.2, -0.15) is 0 Å². The van der Waals surface area contributed by atoms with Gasteiger partial charge in [0.15, 0.2) is 0 Å². The number of carbonyl (C=O) groups excluding carboxylic acids is 1. The van der Waals surface area contributed by atoms with Gasteiger partial charge in [0.2, 0.25) is 6.41 Å². The van der Waals surface area contributed by atoms with E-state index >= 15 is 0 Å². The fraction of sp³-hybridized carbons (Fsp3) is 0.583. The first-order valence-corrected chi connectivity index (χ1v) is 15.6. The molecular formula is C36H56N2O. The Balaban J connectivity index is 0.000000780. The van der Waals surface area contributed by atoms with Crippen molar-refractivity contribution in [2.75, 3.05) is 26.2 Å². The molecule has 0 bridgehead atoms. The first kappa shape index (κ1) is 32.8. The minimum atomic E-state index is 0.531. The molecule has 3 heteroatoms. The molecule has 2 aliphatic rings. The fourth-order valence-corrected chi connectivity index (χ4v) is 5.72. The lowest BCUT2D eigenvalue weighted by atomic mass is 9.83. The Morgan fingerprint density at radius 1 is 1.13 bits per heavy atom. The molecule has 3 nitrogen and oxygen atoms in total. The highest BCUT2D eigenvalue weighted by Crippen LogP contribution is 2.36. The normalized spacial score (nSPS) is 18.6. The molecule has 39 heavy (non-hydrogen) atoms. The molecule has 1 amide bonds. The van der Waals surface area contributed by atoms with Gasteiger partial charge in [-0.15, -0.1) is 0 Å². The molecule has 1 unspecified atom stereocenters. The Kier molecular flexibility index (Phi) is 15.2. The molecule has 0 radical (unpaired) electrons. The number of nitrogens with one attached hydrogen (secondary N) is 1. The van der Waals surface area contributed by atoms with Crippen LogP contribution in [0.2, 0.25) is 0 Å². The maximum absolute atomic E-state index is 11.1. The van der Waals surface area contributed by atoms with E-state index in [0.29, 0.717) is 11.8 Å². The zero-order chi connectivity index (χ0) is 28.6. The van der Waals surface area contributed by atoms with Crippen molar-refractivity contribution in [3.8, 4) is 0 Å². The second-order valence-corrected chi connectivity index (χ2v) is 11.4. The summed E-state index contributed by atoms with van der Waals surface area (Å²) in [5, 5.41) is 3.28. The van der Waals surface area contributed by atoms with Crippen LogP contribution in [0.25, 0.3) is 5.57 Å². The first-order chi connectivity index (χ1) is 18.9. The third-order valence-corrected chi connectivity index (χ3v) is 8.58. The lowest BCUT2D eigenvalue weighted by molar-refractivity contribution is -0.119. The molecule has 0 aliphatic carbocycles. The minimum absolute atomic E-state index is 0.531. The molecule has 2 aliphatic heterocycles. The largest absolute Gasteiger partial charge is 0.345 e. The number of piperidine rings is 2. The Hall–Kier alpha value is -2.39. The third kappa shape index (κ3) is 10.3. The zero-order valence-electron chi connectivity index (χ0n) is 26.0. The van der Waals surface area contributed by atoms with Crippen LogP contribution in [0.3, 0.4) is 0 Å².